The number of carbonyl (C=O) groups is 1. The second kappa shape index (κ2) is 4.71. The van der Waals surface area contributed by atoms with Crippen LogP contribution in [0, 0.1) is 0 Å². The van der Waals surface area contributed by atoms with Crippen molar-refractivity contribution >= 4 is 28.2 Å². The number of ketones is 1. The quantitative estimate of drug-likeness (QED) is 0.798. The minimum Gasteiger partial charge on any atom is -0.300 e. The molecule has 76 valence electrons. The van der Waals surface area contributed by atoms with E-state index in [9.17, 15) is 9.00 Å². The minimum absolute atomic E-state index is 0.0835. The average molecular weight is 231 g/mol. The Labute approximate surface area is 90.7 Å². The molecule has 0 radical (unpaired) electrons. The molecule has 2 nitrogen and oxygen atoms in total. The van der Waals surface area contributed by atoms with Gasteiger partial charge in [-0.3, -0.25) is 9.00 Å². The summed E-state index contributed by atoms with van der Waals surface area (Å²) in [5.74, 6) is 0.0835. The molecule has 0 spiro atoms. The van der Waals surface area contributed by atoms with Gasteiger partial charge in [-0.05, 0) is 24.6 Å². The van der Waals surface area contributed by atoms with Gasteiger partial charge in [-0.1, -0.05) is 17.7 Å². The predicted octanol–water partition coefficient (Wildman–Crippen LogP) is 2.21. The number of benzene rings is 1. The Morgan fingerprint density at radius 2 is 2.14 bits per heavy atom. The average Bonchev–Trinajstić information content (AvgIpc) is 2.07. The number of Topliss-reactive ketones (excluding diaryl/α,β-unsaturated/α-hetero) is 1. The number of hydrogen-bond donors (Lipinski definition) is 0. The molecule has 1 rings (SSSR count). The lowest BCUT2D eigenvalue weighted by atomic mass is 10.1. The molecule has 0 aliphatic heterocycles. The van der Waals surface area contributed by atoms with Crippen molar-refractivity contribution in [3.8, 4) is 0 Å². The van der Waals surface area contributed by atoms with Crippen LogP contribution in [-0.2, 0) is 22.0 Å². The predicted molar refractivity (Wildman–Crippen MR) is 58.2 cm³/mol. The van der Waals surface area contributed by atoms with Crippen LogP contribution in [0.3, 0.4) is 0 Å². The zero-order valence-corrected chi connectivity index (χ0v) is 9.61. The Bertz CT molecular complexity index is 388. The molecular formula is C10H11ClO2S. The van der Waals surface area contributed by atoms with Gasteiger partial charge in [0.2, 0.25) is 0 Å². The van der Waals surface area contributed by atoms with E-state index in [0.29, 0.717) is 16.3 Å². The van der Waals surface area contributed by atoms with E-state index in [0.717, 1.165) is 5.56 Å². The van der Waals surface area contributed by atoms with E-state index < -0.39 is 10.8 Å². The van der Waals surface area contributed by atoms with E-state index in [4.69, 9.17) is 11.6 Å². The van der Waals surface area contributed by atoms with Crippen LogP contribution in [0.25, 0.3) is 0 Å². The molecule has 0 aliphatic rings. The smallest absolute Gasteiger partial charge is 0.134 e. The molecule has 0 saturated carbocycles. The van der Waals surface area contributed by atoms with Crippen molar-refractivity contribution in [2.75, 3.05) is 6.26 Å². The summed E-state index contributed by atoms with van der Waals surface area (Å²) in [7, 11) is -1.11. The first kappa shape index (κ1) is 11.4. The molecule has 0 amide bonds. The summed E-state index contributed by atoms with van der Waals surface area (Å²) in [6.07, 6.45) is 1.93. The summed E-state index contributed by atoms with van der Waals surface area (Å²) >= 11 is 5.85. The molecule has 0 fully saturated rings. The summed E-state index contributed by atoms with van der Waals surface area (Å²) in [5, 5.41) is 0.484. The van der Waals surface area contributed by atoms with E-state index in [1.165, 1.54) is 6.92 Å². The number of rotatable bonds is 3. The number of halogens is 1. The lowest BCUT2D eigenvalue weighted by molar-refractivity contribution is -0.116. The van der Waals surface area contributed by atoms with Gasteiger partial charge in [-0.15, -0.1) is 0 Å². The van der Waals surface area contributed by atoms with E-state index in [1.54, 1.807) is 24.5 Å². The van der Waals surface area contributed by atoms with Crippen molar-refractivity contribution in [1.29, 1.82) is 0 Å². The van der Waals surface area contributed by atoms with E-state index in [-0.39, 0.29) is 5.78 Å². The highest BCUT2D eigenvalue weighted by molar-refractivity contribution is 7.84. The lowest BCUT2D eigenvalue weighted by Crippen LogP contribution is -1.98. The van der Waals surface area contributed by atoms with Crippen molar-refractivity contribution < 1.29 is 9.00 Å². The first-order chi connectivity index (χ1) is 6.50. The zero-order valence-electron chi connectivity index (χ0n) is 8.04. The summed E-state index contributed by atoms with van der Waals surface area (Å²) in [6, 6.07) is 5.18. The van der Waals surface area contributed by atoms with Crippen LogP contribution in [0.5, 0.6) is 0 Å². The molecule has 4 heteroatoms. The fourth-order valence-electron chi connectivity index (χ4n) is 1.17. The third-order valence-electron chi connectivity index (χ3n) is 1.76. The summed E-state index contributed by atoms with van der Waals surface area (Å²) in [5.41, 5.74) is 0.854. The van der Waals surface area contributed by atoms with Gasteiger partial charge < -0.3 is 0 Å². The van der Waals surface area contributed by atoms with Gasteiger partial charge in [0.15, 0.2) is 0 Å². The van der Waals surface area contributed by atoms with Gasteiger partial charge in [0.25, 0.3) is 0 Å². The molecule has 0 aromatic heterocycles. The fourth-order valence-corrected chi connectivity index (χ4v) is 2.27. The fraction of sp³-hybridized carbons (Fsp3) is 0.300. The Morgan fingerprint density at radius 3 is 2.64 bits per heavy atom. The Hall–Kier alpha value is -0.670. The van der Waals surface area contributed by atoms with Crippen LogP contribution in [0.1, 0.15) is 12.5 Å². The van der Waals surface area contributed by atoms with Crippen molar-refractivity contribution in [2.45, 2.75) is 18.2 Å². The maximum atomic E-state index is 11.2. The maximum Gasteiger partial charge on any atom is 0.134 e. The van der Waals surface area contributed by atoms with Gasteiger partial charge in [-0.2, -0.15) is 0 Å². The highest BCUT2D eigenvalue weighted by Crippen LogP contribution is 2.20. The lowest BCUT2D eigenvalue weighted by Gasteiger charge is -2.03. The van der Waals surface area contributed by atoms with Crippen molar-refractivity contribution in [2.24, 2.45) is 0 Å². The summed E-state index contributed by atoms with van der Waals surface area (Å²) in [4.78, 5) is 11.5. The van der Waals surface area contributed by atoms with Crippen molar-refractivity contribution in [1.82, 2.24) is 0 Å². The largest absolute Gasteiger partial charge is 0.300 e. The van der Waals surface area contributed by atoms with Gasteiger partial charge in [0.05, 0.1) is 20.7 Å². The molecule has 0 bridgehead atoms. The number of hydrogen-bond acceptors (Lipinski definition) is 2. The third kappa shape index (κ3) is 2.93. The zero-order chi connectivity index (χ0) is 10.7. The first-order valence-electron chi connectivity index (χ1n) is 4.12. The van der Waals surface area contributed by atoms with Crippen molar-refractivity contribution in [3.63, 3.8) is 0 Å². The highest BCUT2D eigenvalue weighted by atomic mass is 35.5. The summed E-state index contributed by atoms with van der Waals surface area (Å²) < 4.78 is 11.2. The van der Waals surface area contributed by atoms with E-state index >= 15 is 0 Å². The first-order valence-corrected chi connectivity index (χ1v) is 6.05. The highest BCUT2D eigenvalue weighted by Gasteiger charge is 2.06. The molecular weight excluding hydrogens is 220 g/mol. The van der Waals surface area contributed by atoms with Gasteiger partial charge in [0.1, 0.15) is 5.78 Å². The Morgan fingerprint density at radius 1 is 1.50 bits per heavy atom. The second-order valence-electron chi connectivity index (χ2n) is 3.10. The van der Waals surface area contributed by atoms with E-state index in [1.807, 2.05) is 0 Å². The van der Waals surface area contributed by atoms with Crippen LogP contribution in [0.2, 0.25) is 5.02 Å². The molecule has 0 aliphatic carbocycles. The van der Waals surface area contributed by atoms with Crippen LogP contribution >= 0.6 is 11.6 Å². The molecule has 1 aromatic rings. The topological polar surface area (TPSA) is 34.1 Å². The molecule has 1 unspecified atom stereocenters. The van der Waals surface area contributed by atoms with Gasteiger partial charge in [0, 0.05) is 12.7 Å². The van der Waals surface area contributed by atoms with Crippen molar-refractivity contribution in [3.05, 3.63) is 28.8 Å². The Balaban J connectivity index is 3.06. The normalized spacial score (nSPS) is 12.5. The molecule has 0 heterocycles. The molecule has 0 saturated heterocycles. The standard InChI is InChI=1S/C10H11ClO2S/c1-7(12)5-8-3-4-9(11)10(6-8)14(2)13/h3-4,6H,5H2,1-2H3. The van der Waals surface area contributed by atoms with Gasteiger partial charge in [-0.25, -0.2) is 0 Å². The second-order valence-corrected chi connectivity index (χ2v) is 4.85. The molecule has 0 N–H and O–H groups in total. The van der Waals surface area contributed by atoms with Crippen LogP contribution in [-0.4, -0.2) is 16.2 Å². The third-order valence-corrected chi connectivity index (χ3v) is 3.16. The van der Waals surface area contributed by atoms with Gasteiger partial charge >= 0.3 is 0 Å². The monoisotopic (exact) mass is 230 g/mol. The molecule has 1 aromatic carbocycles. The van der Waals surface area contributed by atoms with Crippen LogP contribution < -0.4 is 0 Å². The van der Waals surface area contributed by atoms with Crippen LogP contribution in [0.4, 0.5) is 0 Å². The molecule has 14 heavy (non-hydrogen) atoms. The van der Waals surface area contributed by atoms with E-state index in [2.05, 4.69) is 0 Å². The molecule has 1 atom stereocenters. The minimum atomic E-state index is -1.11. The maximum absolute atomic E-state index is 11.2. The summed E-state index contributed by atoms with van der Waals surface area (Å²) in [6.45, 7) is 1.52. The van der Waals surface area contributed by atoms with Crippen LogP contribution in [0.15, 0.2) is 23.1 Å². The number of carbonyl (C=O) groups excluding carboxylic acids is 1. The SMILES string of the molecule is CC(=O)Cc1ccc(Cl)c(S(C)=O)c1. The Kier molecular flexibility index (Phi) is 3.84.